The molecule has 0 saturated heterocycles. The summed E-state index contributed by atoms with van der Waals surface area (Å²) in [5.74, 6) is 1.94. The van der Waals surface area contributed by atoms with Crippen molar-refractivity contribution in [3.63, 3.8) is 0 Å². The lowest BCUT2D eigenvalue weighted by Crippen LogP contribution is -2.31. The average molecular weight is 208 g/mol. The summed E-state index contributed by atoms with van der Waals surface area (Å²) in [5, 5.41) is 7.67. The first-order chi connectivity index (χ1) is 7.31. The summed E-state index contributed by atoms with van der Waals surface area (Å²) in [6, 6.07) is 0.687. The molecule has 0 spiro atoms. The van der Waals surface area contributed by atoms with Crippen LogP contribution in [0.5, 0.6) is 0 Å². The van der Waals surface area contributed by atoms with Crippen molar-refractivity contribution in [1.29, 1.82) is 0 Å². The zero-order valence-electron chi connectivity index (χ0n) is 9.61. The minimum Gasteiger partial charge on any atom is -0.307 e. The molecule has 1 N–H and O–H groups in total. The second-order valence-corrected chi connectivity index (χ2v) is 4.41. The fraction of sp³-hybridized carbons (Fsp3) is 0.818. The molecule has 1 aromatic heterocycles. The standard InChI is InChI=1S/C11H20N4/c1-3-4-10(9-5-6-9)12-7-11-13-8-14-15(11)2/h8-10,12H,3-7H2,1-2H3. The Bertz CT molecular complexity index is 303. The van der Waals surface area contributed by atoms with Crippen LogP contribution in [0.4, 0.5) is 0 Å². The van der Waals surface area contributed by atoms with Gasteiger partial charge in [-0.1, -0.05) is 13.3 Å². The molecule has 1 saturated carbocycles. The number of nitrogens with one attached hydrogen (secondary N) is 1. The van der Waals surface area contributed by atoms with Gasteiger partial charge in [-0.15, -0.1) is 0 Å². The van der Waals surface area contributed by atoms with Crippen molar-refractivity contribution in [2.75, 3.05) is 0 Å². The Morgan fingerprint density at radius 2 is 2.40 bits per heavy atom. The number of nitrogens with zero attached hydrogens (tertiary/aromatic N) is 3. The van der Waals surface area contributed by atoms with E-state index in [0.29, 0.717) is 6.04 Å². The Morgan fingerprint density at radius 3 is 2.93 bits per heavy atom. The van der Waals surface area contributed by atoms with Gasteiger partial charge in [0.2, 0.25) is 0 Å². The van der Waals surface area contributed by atoms with Gasteiger partial charge in [0, 0.05) is 13.1 Å². The third-order valence-corrected chi connectivity index (χ3v) is 3.12. The summed E-state index contributed by atoms with van der Waals surface area (Å²) in [5.41, 5.74) is 0. The summed E-state index contributed by atoms with van der Waals surface area (Å²) in [7, 11) is 1.94. The van der Waals surface area contributed by atoms with Crippen LogP contribution in [0.3, 0.4) is 0 Å². The van der Waals surface area contributed by atoms with Crippen LogP contribution in [0.25, 0.3) is 0 Å². The van der Waals surface area contributed by atoms with E-state index in [4.69, 9.17) is 0 Å². The molecule has 1 aliphatic rings. The summed E-state index contributed by atoms with van der Waals surface area (Å²) < 4.78 is 1.84. The number of aryl methyl sites for hydroxylation is 1. The van der Waals surface area contributed by atoms with Gasteiger partial charge in [0.1, 0.15) is 12.2 Å². The van der Waals surface area contributed by atoms with Crippen LogP contribution in [0.2, 0.25) is 0 Å². The zero-order chi connectivity index (χ0) is 10.7. The molecule has 2 rings (SSSR count). The van der Waals surface area contributed by atoms with Crippen molar-refractivity contribution >= 4 is 0 Å². The summed E-state index contributed by atoms with van der Waals surface area (Å²) >= 11 is 0. The highest BCUT2D eigenvalue weighted by Gasteiger charge is 2.30. The van der Waals surface area contributed by atoms with Gasteiger partial charge in [-0.25, -0.2) is 4.98 Å². The van der Waals surface area contributed by atoms with E-state index in [1.807, 2.05) is 11.7 Å². The van der Waals surface area contributed by atoms with Gasteiger partial charge < -0.3 is 5.32 Å². The molecular formula is C11H20N4. The third-order valence-electron chi connectivity index (χ3n) is 3.12. The van der Waals surface area contributed by atoms with E-state index in [9.17, 15) is 0 Å². The largest absolute Gasteiger partial charge is 0.307 e. The fourth-order valence-electron chi connectivity index (χ4n) is 2.02. The molecule has 0 amide bonds. The van der Waals surface area contributed by atoms with E-state index < -0.39 is 0 Å². The Labute approximate surface area is 91.1 Å². The van der Waals surface area contributed by atoms with Crippen LogP contribution >= 0.6 is 0 Å². The van der Waals surface area contributed by atoms with Crippen LogP contribution in [0.1, 0.15) is 38.4 Å². The van der Waals surface area contributed by atoms with Crippen LogP contribution in [0, 0.1) is 5.92 Å². The molecule has 0 aliphatic heterocycles. The van der Waals surface area contributed by atoms with Crippen molar-refractivity contribution < 1.29 is 0 Å². The van der Waals surface area contributed by atoms with Gasteiger partial charge in [0.15, 0.2) is 0 Å². The SMILES string of the molecule is CCCC(NCc1ncnn1C)C1CC1. The second-order valence-electron chi connectivity index (χ2n) is 4.41. The molecule has 84 valence electrons. The van der Waals surface area contributed by atoms with E-state index in [1.54, 1.807) is 6.33 Å². The van der Waals surface area contributed by atoms with E-state index in [2.05, 4.69) is 22.3 Å². The normalized spacial score (nSPS) is 18.0. The van der Waals surface area contributed by atoms with E-state index in [0.717, 1.165) is 18.3 Å². The van der Waals surface area contributed by atoms with Gasteiger partial charge >= 0.3 is 0 Å². The molecule has 4 nitrogen and oxygen atoms in total. The minimum atomic E-state index is 0.687. The molecule has 0 bridgehead atoms. The fourth-order valence-corrected chi connectivity index (χ4v) is 2.02. The van der Waals surface area contributed by atoms with Crippen LogP contribution in [-0.2, 0) is 13.6 Å². The van der Waals surface area contributed by atoms with Gasteiger partial charge in [-0.2, -0.15) is 5.10 Å². The van der Waals surface area contributed by atoms with E-state index in [1.165, 1.54) is 25.7 Å². The topological polar surface area (TPSA) is 42.7 Å². The van der Waals surface area contributed by atoms with E-state index in [-0.39, 0.29) is 0 Å². The molecule has 1 unspecified atom stereocenters. The van der Waals surface area contributed by atoms with Gasteiger partial charge in [0.05, 0.1) is 6.54 Å². The van der Waals surface area contributed by atoms with Crippen LogP contribution in [0.15, 0.2) is 6.33 Å². The number of hydrogen-bond acceptors (Lipinski definition) is 3. The Balaban J connectivity index is 1.82. The first-order valence-corrected chi connectivity index (χ1v) is 5.87. The molecule has 4 heteroatoms. The Kier molecular flexibility index (Phi) is 3.36. The molecule has 1 aromatic rings. The van der Waals surface area contributed by atoms with Crippen LogP contribution < -0.4 is 5.32 Å². The van der Waals surface area contributed by atoms with Crippen molar-refractivity contribution in [3.8, 4) is 0 Å². The summed E-state index contributed by atoms with van der Waals surface area (Å²) in [4.78, 5) is 4.22. The van der Waals surface area contributed by atoms with Gasteiger partial charge in [0.25, 0.3) is 0 Å². The second kappa shape index (κ2) is 4.75. The monoisotopic (exact) mass is 208 g/mol. The lowest BCUT2D eigenvalue weighted by molar-refractivity contribution is 0.420. The summed E-state index contributed by atoms with van der Waals surface area (Å²) in [6.07, 6.45) is 6.95. The predicted octanol–water partition coefficient (Wildman–Crippen LogP) is 1.48. The third kappa shape index (κ3) is 2.78. The maximum atomic E-state index is 4.22. The first kappa shape index (κ1) is 10.6. The van der Waals surface area contributed by atoms with Crippen molar-refractivity contribution in [1.82, 2.24) is 20.1 Å². The molecule has 1 aliphatic carbocycles. The molecule has 0 aromatic carbocycles. The average Bonchev–Trinajstić information content (AvgIpc) is 2.98. The number of rotatable bonds is 6. The van der Waals surface area contributed by atoms with Crippen molar-refractivity contribution in [2.45, 2.75) is 45.2 Å². The van der Waals surface area contributed by atoms with E-state index >= 15 is 0 Å². The summed E-state index contributed by atoms with van der Waals surface area (Å²) in [6.45, 7) is 3.09. The lowest BCUT2D eigenvalue weighted by atomic mass is 10.1. The zero-order valence-corrected chi connectivity index (χ0v) is 9.61. The van der Waals surface area contributed by atoms with Crippen molar-refractivity contribution in [2.24, 2.45) is 13.0 Å². The minimum absolute atomic E-state index is 0.687. The molecular weight excluding hydrogens is 188 g/mol. The molecule has 1 heterocycles. The lowest BCUT2D eigenvalue weighted by Gasteiger charge is -2.16. The highest BCUT2D eigenvalue weighted by molar-refractivity contribution is 4.89. The molecule has 0 radical (unpaired) electrons. The Morgan fingerprint density at radius 1 is 1.60 bits per heavy atom. The number of aromatic nitrogens is 3. The van der Waals surface area contributed by atoms with Crippen LogP contribution in [-0.4, -0.2) is 20.8 Å². The quantitative estimate of drug-likeness (QED) is 0.770. The predicted molar refractivity (Wildman–Crippen MR) is 59.3 cm³/mol. The number of hydrogen-bond donors (Lipinski definition) is 1. The highest BCUT2D eigenvalue weighted by atomic mass is 15.3. The maximum Gasteiger partial charge on any atom is 0.140 e. The molecule has 15 heavy (non-hydrogen) atoms. The van der Waals surface area contributed by atoms with Gasteiger partial charge in [-0.05, 0) is 25.2 Å². The first-order valence-electron chi connectivity index (χ1n) is 5.87. The smallest absolute Gasteiger partial charge is 0.140 e. The Hall–Kier alpha value is -0.900. The highest BCUT2D eigenvalue weighted by Crippen LogP contribution is 2.34. The molecule has 1 fully saturated rings. The van der Waals surface area contributed by atoms with Crippen molar-refractivity contribution in [3.05, 3.63) is 12.2 Å². The maximum absolute atomic E-state index is 4.22. The molecule has 1 atom stereocenters. The van der Waals surface area contributed by atoms with Gasteiger partial charge in [-0.3, -0.25) is 4.68 Å².